The Kier molecular flexibility index (Phi) is 6.58. The molecule has 4 aromatic rings. The van der Waals surface area contributed by atoms with E-state index in [-0.39, 0.29) is 12.5 Å². The highest BCUT2D eigenvalue weighted by atomic mass is 32.2. The van der Waals surface area contributed by atoms with Gasteiger partial charge in [0.1, 0.15) is 11.5 Å². The Morgan fingerprint density at radius 1 is 0.971 bits per heavy atom. The van der Waals surface area contributed by atoms with Crippen LogP contribution in [0.25, 0.3) is 22.5 Å². The Balaban J connectivity index is 1.49. The third kappa shape index (κ3) is 5.32. The molecule has 2 heterocycles. The average Bonchev–Trinajstić information content (AvgIpc) is 3.18. The smallest absolute Gasteiger partial charge is 0.251 e. The van der Waals surface area contributed by atoms with Crippen molar-refractivity contribution in [2.24, 2.45) is 0 Å². The molecule has 4 rings (SSSR count). The summed E-state index contributed by atoms with van der Waals surface area (Å²) < 4.78 is 32.7. The number of carbonyl (C=O) groups is 1. The summed E-state index contributed by atoms with van der Waals surface area (Å²) in [4.78, 5) is 26.3. The Morgan fingerprint density at radius 2 is 1.69 bits per heavy atom. The first kappa shape index (κ1) is 24.3. The van der Waals surface area contributed by atoms with Gasteiger partial charge in [0.25, 0.3) is 5.91 Å². The van der Waals surface area contributed by atoms with Gasteiger partial charge >= 0.3 is 0 Å². The first-order chi connectivity index (χ1) is 16.5. The minimum Gasteiger partial charge on any atom is -0.441 e. The predicted octanol–water partition coefficient (Wildman–Crippen LogP) is 4.29. The zero-order valence-corrected chi connectivity index (χ0v) is 21.0. The predicted molar refractivity (Wildman–Crippen MR) is 135 cm³/mol. The SMILES string of the molecule is Cc1nc2ccc(C(=O)NCc3nc(-c4cccc(NS(=O)(=O)C(C)C)c4)oc3C)cc2nc1C. The molecule has 0 unspecified atom stereocenters. The van der Waals surface area contributed by atoms with Crippen LogP contribution in [0, 0.1) is 20.8 Å². The van der Waals surface area contributed by atoms with Crippen molar-refractivity contribution in [2.75, 3.05) is 4.72 Å². The molecule has 0 aliphatic rings. The molecule has 0 aliphatic carbocycles. The maximum absolute atomic E-state index is 12.8. The summed E-state index contributed by atoms with van der Waals surface area (Å²) in [5.41, 5.74) is 5.17. The molecule has 0 spiro atoms. The number of sulfonamides is 1. The van der Waals surface area contributed by atoms with Gasteiger partial charge < -0.3 is 9.73 Å². The van der Waals surface area contributed by atoms with E-state index in [1.807, 2.05) is 13.8 Å². The highest BCUT2D eigenvalue weighted by Crippen LogP contribution is 2.25. The molecule has 0 saturated carbocycles. The number of nitrogens with zero attached hydrogens (tertiary/aromatic N) is 3. The number of carbonyl (C=O) groups excluding carboxylic acids is 1. The van der Waals surface area contributed by atoms with E-state index in [9.17, 15) is 13.2 Å². The van der Waals surface area contributed by atoms with Gasteiger partial charge in [-0.1, -0.05) is 6.07 Å². The summed E-state index contributed by atoms with van der Waals surface area (Å²) in [5.74, 6) is 0.633. The minimum atomic E-state index is -3.47. The fourth-order valence-corrected chi connectivity index (χ4v) is 4.04. The first-order valence-electron chi connectivity index (χ1n) is 11.1. The number of rotatable bonds is 7. The van der Waals surface area contributed by atoms with E-state index < -0.39 is 15.3 Å². The third-order valence-corrected chi connectivity index (χ3v) is 7.40. The molecule has 0 bridgehead atoms. The molecule has 9 nitrogen and oxygen atoms in total. The van der Waals surface area contributed by atoms with Crippen LogP contribution >= 0.6 is 0 Å². The number of anilines is 1. The van der Waals surface area contributed by atoms with Gasteiger partial charge in [0, 0.05) is 16.8 Å². The van der Waals surface area contributed by atoms with E-state index in [0.717, 1.165) is 16.9 Å². The van der Waals surface area contributed by atoms with E-state index in [1.54, 1.807) is 63.2 Å². The first-order valence-corrected chi connectivity index (χ1v) is 12.7. The van der Waals surface area contributed by atoms with Crippen LogP contribution in [0.5, 0.6) is 0 Å². The normalized spacial score (nSPS) is 11.7. The molecule has 0 fully saturated rings. The largest absolute Gasteiger partial charge is 0.441 e. The number of amides is 1. The number of aromatic nitrogens is 3. The number of oxazole rings is 1. The van der Waals surface area contributed by atoms with Gasteiger partial charge in [0.05, 0.1) is 34.2 Å². The highest BCUT2D eigenvalue weighted by Gasteiger charge is 2.18. The van der Waals surface area contributed by atoms with Crippen LogP contribution in [-0.4, -0.2) is 34.5 Å². The topological polar surface area (TPSA) is 127 Å². The molecule has 0 atom stereocenters. The third-order valence-electron chi connectivity index (χ3n) is 5.64. The second kappa shape index (κ2) is 9.46. The molecule has 35 heavy (non-hydrogen) atoms. The van der Waals surface area contributed by atoms with Gasteiger partial charge in [0.2, 0.25) is 15.9 Å². The van der Waals surface area contributed by atoms with Gasteiger partial charge in [0.15, 0.2) is 0 Å². The van der Waals surface area contributed by atoms with Crippen molar-refractivity contribution in [3.05, 3.63) is 70.9 Å². The molecule has 0 radical (unpaired) electrons. The Hall–Kier alpha value is -3.79. The molecular weight excluding hydrogens is 466 g/mol. The molecule has 10 heteroatoms. The standard InChI is InChI=1S/C25H27N5O4S/c1-14(2)35(32,33)30-20-8-6-7-19(11-20)25-29-23(17(5)34-25)13-26-24(31)18-9-10-21-22(12-18)28-16(4)15(3)27-21/h6-12,14,30H,13H2,1-5H3,(H,26,31). The average molecular weight is 494 g/mol. The highest BCUT2D eigenvalue weighted by molar-refractivity contribution is 7.93. The second-order valence-electron chi connectivity index (χ2n) is 8.58. The molecule has 2 N–H and O–H groups in total. The van der Waals surface area contributed by atoms with E-state index in [1.165, 1.54) is 0 Å². The van der Waals surface area contributed by atoms with Crippen molar-refractivity contribution >= 4 is 32.7 Å². The van der Waals surface area contributed by atoms with Gasteiger partial charge in [-0.15, -0.1) is 0 Å². The van der Waals surface area contributed by atoms with Crippen LogP contribution in [0.1, 0.15) is 47.0 Å². The van der Waals surface area contributed by atoms with Crippen LogP contribution in [0.4, 0.5) is 5.69 Å². The molecule has 182 valence electrons. The van der Waals surface area contributed by atoms with Crippen LogP contribution in [-0.2, 0) is 16.6 Å². The summed E-state index contributed by atoms with van der Waals surface area (Å²) in [6.07, 6.45) is 0. The Labute approximate surface area is 204 Å². The molecule has 2 aromatic heterocycles. The summed E-state index contributed by atoms with van der Waals surface area (Å²) in [6.45, 7) is 8.94. The van der Waals surface area contributed by atoms with Crippen molar-refractivity contribution in [1.82, 2.24) is 20.3 Å². The van der Waals surface area contributed by atoms with Crippen molar-refractivity contribution < 1.29 is 17.6 Å². The van der Waals surface area contributed by atoms with Crippen LogP contribution in [0.3, 0.4) is 0 Å². The Bertz CT molecular complexity index is 1530. The van der Waals surface area contributed by atoms with Crippen molar-refractivity contribution in [3.63, 3.8) is 0 Å². The number of aryl methyl sites for hydroxylation is 3. The molecule has 0 saturated heterocycles. The van der Waals surface area contributed by atoms with Gasteiger partial charge in [-0.3, -0.25) is 9.52 Å². The monoisotopic (exact) mass is 493 g/mol. The number of nitrogens with one attached hydrogen (secondary N) is 2. The fraction of sp³-hybridized carbons (Fsp3) is 0.280. The second-order valence-corrected chi connectivity index (χ2v) is 10.8. The van der Waals surface area contributed by atoms with Gasteiger partial charge in [-0.2, -0.15) is 0 Å². The molecule has 2 aromatic carbocycles. The number of fused-ring (bicyclic) bond motifs is 1. The fourth-order valence-electron chi connectivity index (χ4n) is 3.35. The lowest BCUT2D eigenvalue weighted by molar-refractivity contribution is 0.0950. The number of hydrogen-bond donors (Lipinski definition) is 2. The molecule has 1 amide bonds. The van der Waals surface area contributed by atoms with Crippen LogP contribution < -0.4 is 10.0 Å². The van der Waals surface area contributed by atoms with Crippen LogP contribution in [0.15, 0.2) is 46.9 Å². The van der Waals surface area contributed by atoms with Crippen molar-refractivity contribution in [2.45, 2.75) is 46.4 Å². The Morgan fingerprint density at radius 3 is 2.40 bits per heavy atom. The molecular formula is C25H27N5O4S. The number of hydrogen-bond acceptors (Lipinski definition) is 7. The zero-order chi connectivity index (χ0) is 25.3. The van der Waals surface area contributed by atoms with E-state index >= 15 is 0 Å². The minimum absolute atomic E-state index is 0.171. The van der Waals surface area contributed by atoms with E-state index in [2.05, 4.69) is 25.0 Å². The number of benzene rings is 2. The zero-order valence-electron chi connectivity index (χ0n) is 20.2. The van der Waals surface area contributed by atoms with Gasteiger partial charge in [-0.05, 0) is 71.0 Å². The van der Waals surface area contributed by atoms with Crippen molar-refractivity contribution in [3.8, 4) is 11.5 Å². The summed E-state index contributed by atoms with van der Waals surface area (Å²) in [6, 6.07) is 12.0. The van der Waals surface area contributed by atoms with Gasteiger partial charge in [-0.25, -0.2) is 23.4 Å². The van der Waals surface area contributed by atoms with Crippen LogP contribution in [0.2, 0.25) is 0 Å². The lowest BCUT2D eigenvalue weighted by Gasteiger charge is -2.11. The lowest BCUT2D eigenvalue weighted by atomic mass is 10.1. The summed E-state index contributed by atoms with van der Waals surface area (Å²) in [5, 5.41) is 2.30. The summed E-state index contributed by atoms with van der Waals surface area (Å²) in [7, 11) is -3.47. The van der Waals surface area contributed by atoms with E-state index in [4.69, 9.17) is 4.42 Å². The maximum Gasteiger partial charge on any atom is 0.251 e. The van der Waals surface area contributed by atoms with E-state index in [0.29, 0.717) is 39.7 Å². The quantitative estimate of drug-likeness (QED) is 0.393. The molecule has 0 aliphatic heterocycles. The van der Waals surface area contributed by atoms with Crippen molar-refractivity contribution in [1.29, 1.82) is 0 Å². The summed E-state index contributed by atoms with van der Waals surface area (Å²) >= 11 is 0. The maximum atomic E-state index is 12.8. The lowest BCUT2D eigenvalue weighted by Crippen LogP contribution is -2.23.